The van der Waals surface area contributed by atoms with Crippen molar-refractivity contribution in [2.45, 2.75) is 0 Å². The van der Waals surface area contributed by atoms with Crippen LogP contribution in [-0.4, -0.2) is 0 Å². The van der Waals surface area contributed by atoms with Crippen LogP contribution in [-0.2, 0) is 0 Å². The Bertz CT molecular complexity index is 3.61. The molecule has 0 nitrogen and oxygen atoms in total. The molecule has 0 heterocycles. The number of hydrogen-bond acceptors (Lipinski definition) is 0. The average Bonchev–Trinajstić information content (AvgIpc) is 0. The Morgan fingerprint density at radius 3 is 0.400 bits per heavy atom. The Hall–Kier alpha value is 1.08. The van der Waals surface area contributed by atoms with Crippen LogP contribution in [0.3, 0.4) is 0 Å². The van der Waals surface area contributed by atoms with Crippen molar-refractivity contribution < 1.29 is 60.1 Å². The standard InChI is InChI=1S/4FH.Pr/h4*1H;. The van der Waals surface area contributed by atoms with Crippen LogP contribution in [0.2, 0.25) is 0 Å². The topological polar surface area (TPSA) is 0 Å². The fourth-order valence-electron chi connectivity index (χ4n) is 0. The minimum absolute atomic E-state index is 0. The zero-order valence-corrected chi connectivity index (χ0v) is 5.91. The Kier molecular flexibility index (Phi) is 1930. The number of halogens is 4. The van der Waals surface area contributed by atoms with Crippen molar-refractivity contribution in [3.63, 3.8) is 0 Å². The fourth-order valence-corrected chi connectivity index (χ4v) is 0. The fraction of sp³-hybridized carbons (Fsp3) is 0. The summed E-state index contributed by atoms with van der Waals surface area (Å²) in [6.45, 7) is 0. The molecule has 0 rings (SSSR count). The van der Waals surface area contributed by atoms with Crippen LogP contribution in [0.25, 0.3) is 0 Å². The normalized spacial score (nSPS) is 0. The summed E-state index contributed by atoms with van der Waals surface area (Å²) in [6, 6.07) is 0. The predicted octanol–water partition coefficient (Wildman–Crippen LogP) is 0.610. The summed E-state index contributed by atoms with van der Waals surface area (Å²) in [6.07, 6.45) is 0. The molecular weight excluding hydrogens is 217 g/mol. The van der Waals surface area contributed by atoms with Crippen LogP contribution >= 0.6 is 0 Å². The van der Waals surface area contributed by atoms with Crippen LogP contribution in [0.5, 0.6) is 0 Å². The predicted molar refractivity (Wildman–Crippen MR) is 10.0 cm³/mol. The molecule has 0 saturated heterocycles. The molecular formula is H4F4Pr. The van der Waals surface area contributed by atoms with Gasteiger partial charge in [-0.2, -0.15) is 0 Å². The second kappa shape index (κ2) is 72.2. The van der Waals surface area contributed by atoms with Crippen molar-refractivity contribution in [1.29, 1.82) is 0 Å². The largest absolute Gasteiger partial charge is 0.269 e. The first-order valence-electron chi connectivity index (χ1n) is 0. The van der Waals surface area contributed by atoms with E-state index < -0.39 is 0 Å². The molecule has 0 unspecified atom stereocenters. The summed E-state index contributed by atoms with van der Waals surface area (Å²) in [5, 5.41) is 0. The summed E-state index contributed by atoms with van der Waals surface area (Å²) < 4.78 is 0. The van der Waals surface area contributed by atoms with E-state index in [1.165, 1.54) is 0 Å². The van der Waals surface area contributed by atoms with E-state index >= 15 is 0 Å². The minimum Gasteiger partial charge on any atom is -0.269 e. The van der Waals surface area contributed by atoms with Crippen LogP contribution in [0.1, 0.15) is 0 Å². The molecule has 0 aromatic rings. The number of rotatable bonds is 0. The second-order valence-electron chi connectivity index (χ2n) is 0. The van der Waals surface area contributed by atoms with Crippen molar-refractivity contribution in [2.75, 3.05) is 0 Å². The molecule has 5 heavy (non-hydrogen) atoms. The van der Waals surface area contributed by atoms with E-state index in [0.717, 1.165) is 0 Å². The van der Waals surface area contributed by atoms with E-state index in [0.29, 0.717) is 0 Å². The van der Waals surface area contributed by atoms with Gasteiger partial charge in [-0.25, -0.2) is 0 Å². The van der Waals surface area contributed by atoms with Gasteiger partial charge in [-0.15, -0.1) is 0 Å². The van der Waals surface area contributed by atoms with E-state index in [4.69, 9.17) is 0 Å². The van der Waals surface area contributed by atoms with Crippen LogP contribution in [0.15, 0.2) is 0 Å². The molecule has 35 valence electrons. The molecule has 0 aliphatic carbocycles. The van der Waals surface area contributed by atoms with E-state index in [2.05, 4.69) is 0 Å². The van der Waals surface area contributed by atoms with Gasteiger partial charge in [-0.3, -0.25) is 18.8 Å². The molecule has 0 aromatic carbocycles. The molecule has 0 saturated carbocycles. The smallest absolute Gasteiger partial charge is 0 e. The Morgan fingerprint density at radius 1 is 0.400 bits per heavy atom. The second-order valence-corrected chi connectivity index (χ2v) is 0. The summed E-state index contributed by atoms with van der Waals surface area (Å²) in [5.74, 6) is 0. The zero-order chi connectivity index (χ0) is 0. The Labute approximate surface area is 59.7 Å². The first-order chi connectivity index (χ1) is 0. The van der Waals surface area contributed by atoms with E-state index in [-0.39, 0.29) is 60.1 Å². The van der Waals surface area contributed by atoms with E-state index in [1.807, 2.05) is 0 Å². The van der Waals surface area contributed by atoms with Gasteiger partial charge in [0.25, 0.3) is 0 Å². The van der Waals surface area contributed by atoms with Gasteiger partial charge in [-0.1, -0.05) is 0 Å². The average molecular weight is 221 g/mol. The Morgan fingerprint density at radius 2 is 0.400 bits per heavy atom. The van der Waals surface area contributed by atoms with Crippen molar-refractivity contribution >= 4 is 0 Å². The maximum atomic E-state index is 0. The molecule has 0 aliphatic rings. The molecule has 0 amide bonds. The maximum absolute atomic E-state index is 0. The first kappa shape index (κ1) is 134. The van der Waals surface area contributed by atoms with Crippen LogP contribution in [0, 0.1) is 41.3 Å². The number of hydrogen-bond donors (Lipinski definition) is 0. The third-order valence-electron chi connectivity index (χ3n) is 0. The van der Waals surface area contributed by atoms with Gasteiger partial charge in [-0.05, 0) is 0 Å². The van der Waals surface area contributed by atoms with Crippen LogP contribution < -0.4 is 0 Å². The molecule has 0 bridgehead atoms. The SMILES string of the molecule is F.F.F.F.[Pr]. The van der Waals surface area contributed by atoms with Gasteiger partial charge in [0.1, 0.15) is 0 Å². The summed E-state index contributed by atoms with van der Waals surface area (Å²) in [4.78, 5) is 0. The Balaban J connectivity index is 0. The van der Waals surface area contributed by atoms with Crippen LogP contribution in [0.4, 0.5) is 18.8 Å². The van der Waals surface area contributed by atoms with Gasteiger partial charge >= 0.3 is 0 Å². The molecule has 0 fully saturated rings. The summed E-state index contributed by atoms with van der Waals surface area (Å²) >= 11 is 0. The minimum atomic E-state index is 0. The summed E-state index contributed by atoms with van der Waals surface area (Å²) in [5.41, 5.74) is 0. The zero-order valence-electron chi connectivity index (χ0n) is 2.21. The van der Waals surface area contributed by atoms with Gasteiger partial charge in [0.15, 0.2) is 0 Å². The quantitative estimate of drug-likeness (QED) is 0.525. The molecule has 0 spiro atoms. The van der Waals surface area contributed by atoms with E-state index in [1.54, 1.807) is 0 Å². The van der Waals surface area contributed by atoms with Gasteiger partial charge < -0.3 is 0 Å². The summed E-state index contributed by atoms with van der Waals surface area (Å²) in [7, 11) is 0. The van der Waals surface area contributed by atoms with Gasteiger partial charge in [0.05, 0.1) is 0 Å². The first-order valence-corrected chi connectivity index (χ1v) is 0. The molecule has 0 aliphatic heterocycles. The maximum Gasteiger partial charge on any atom is 0 e. The van der Waals surface area contributed by atoms with Crippen molar-refractivity contribution in [3.8, 4) is 0 Å². The molecule has 5 heteroatoms. The molecule has 0 aromatic heterocycles. The van der Waals surface area contributed by atoms with Crippen molar-refractivity contribution in [2.24, 2.45) is 0 Å². The van der Waals surface area contributed by atoms with E-state index in [9.17, 15) is 0 Å². The van der Waals surface area contributed by atoms with Gasteiger partial charge in [0.2, 0.25) is 0 Å². The monoisotopic (exact) mass is 221 g/mol. The third kappa shape index (κ3) is 41.2. The van der Waals surface area contributed by atoms with Crippen molar-refractivity contribution in [1.82, 2.24) is 0 Å². The molecule has 0 N–H and O–H groups in total. The molecule has 0 atom stereocenters. The van der Waals surface area contributed by atoms with Gasteiger partial charge in [0, 0.05) is 41.3 Å². The van der Waals surface area contributed by atoms with Crippen molar-refractivity contribution in [3.05, 3.63) is 0 Å². The molecule has 1 radical (unpaired) electrons. The third-order valence-corrected chi connectivity index (χ3v) is 0.